The van der Waals surface area contributed by atoms with Crippen LogP contribution in [-0.2, 0) is 6.54 Å². The first kappa shape index (κ1) is 15.0. The Bertz CT molecular complexity index is 489. The van der Waals surface area contributed by atoms with Crippen LogP contribution in [0, 0.1) is 5.92 Å². The van der Waals surface area contributed by atoms with Gasteiger partial charge in [0.25, 0.3) is 0 Å². The van der Waals surface area contributed by atoms with Gasteiger partial charge in [0, 0.05) is 11.8 Å². The van der Waals surface area contributed by atoms with Gasteiger partial charge in [0.05, 0.1) is 20.8 Å². The van der Waals surface area contributed by atoms with Crippen LogP contribution in [0.2, 0.25) is 0 Å². The number of aliphatic imine (C=N–C) groups is 1. The maximum absolute atomic E-state index is 5.31. The SMILES string of the molecule is COc1ccc(CNC2=NCC(C(C)C)S2)cc1OC. The molecule has 20 heavy (non-hydrogen) atoms. The number of methoxy groups -OCH3 is 2. The van der Waals surface area contributed by atoms with Crippen molar-refractivity contribution < 1.29 is 9.47 Å². The van der Waals surface area contributed by atoms with Crippen molar-refractivity contribution in [3.05, 3.63) is 23.8 Å². The molecule has 4 nitrogen and oxygen atoms in total. The molecular weight excluding hydrogens is 272 g/mol. The number of ether oxygens (including phenoxy) is 2. The summed E-state index contributed by atoms with van der Waals surface area (Å²) in [5, 5.41) is 5.03. The predicted molar refractivity (Wildman–Crippen MR) is 84.9 cm³/mol. The third-order valence-corrected chi connectivity index (χ3v) is 4.81. The monoisotopic (exact) mass is 294 g/mol. The Morgan fingerprint density at radius 2 is 2.05 bits per heavy atom. The highest BCUT2D eigenvalue weighted by atomic mass is 32.2. The van der Waals surface area contributed by atoms with Crippen molar-refractivity contribution in [3.63, 3.8) is 0 Å². The molecule has 0 amide bonds. The van der Waals surface area contributed by atoms with Crippen LogP contribution in [0.4, 0.5) is 0 Å². The molecule has 0 aliphatic carbocycles. The minimum atomic E-state index is 0.600. The van der Waals surface area contributed by atoms with Gasteiger partial charge in [0.2, 0.25) is 0 Å². The van der Waals surface area contributed by atoms with E-state index in [1.165, 1.54) is 0 Å². The largest absolute Gasteiger partial charge is 0.493 e. The number of hydrogen-bond donors (Lipinski definition) is 1. The summed E-state index contributed by atoms with van der Waals surface area (Å²) in [5.41, 5.74) is 1.15. The second-order valence-electron chi connectivity index (χ2n) is 5.09. The Morgan fingerprint density at radius 1 is 1.30 bits per heavy atom. The van der Waals surface area contributed by atoms with Crippen molar-refractivity contribution >= 4 is 16.9 Å². The Hall–Kier alpha value is -1.36. The molecule has 2 rings (SSSR count). The lowest BCUT2D eigenvalue weighted by Gasteiger charge is -2.13. The lowest BCUT2D eigenvalue weighted by atomic mass is 10.1. The summed E-state index contributed by atoms with van der Waals surface area (Å²) in [4.78, 5) is 4.54. The Kier molecular flexibility index (Phi) is 5.17. The summed E-state index contributed by atoms with van der Waals surface area (Å²) in [7, 11) is 3.30. The van der Waals surface area contributed by atoms with Crippen LogP contribution in [0.3, 0.4) is 0 Å². The smallest absolute Gasteiger partial charge is 0.161 e. The van der Waals surface area contributed by atoms with Crippen LogP contribution in [0.5, 0.6) is 11.5 Å². The fraction of sp³-hybridized carbons (Fsp3) is 0.533. The summed E-state index contributed by atoms with van der Waals surface area (Å²) >= 11 is 1.84. The van der Waals surface area contributed by atoms with Gasteiger partial charge in [-0.2, -0.15) is 0 Å². The predicted octanol–water partition coefficient (Wildman–Crippen LogP) is 2.92. The standard InChI is InChI=1S/C15H22N2O2S/c1-10(2)14-9-17-15(20-14)16-8-11-5-6-12(18-3)13(7-11)19-4/h5-7,10,14H,8-9H2,1-4H3,(H,16,17). The maximum Gasteiger partial charge on any atom is 0.161 e. The normalized spacial score (nSPS) is 18.1. The zero-order valence-electron chi connectivity index (χ0n) is 12.5. The minimum absolute atomic E-state index is 0.600. The lowest BCUT2D eigenvalue weighted by molar-refractivity contribution is 0.354. The van der Waals surface area contributed by atoms with Crippen LogP contribution in [0.25, 0.3) is 0 Å². The molecule has 0 spiro atoms. The van der Waals surface area contributed by atoms with Crippen molar-refractivity contribution in [1.82, 2.24) is 5.32 Å². The highest BCUT2D eigenvalue weighted by Gasteiger charge is 2.22. The van der Waals surface area contributed by atoms with Crippen LogP contribution < -0.4 is 14.8 Å². The fourth-order valence-electron chi connectivity index (χ4n) is 2.00. The Labute approximate surface area is 125 Å². The third-order valence-electron chi connectivity index (χ3n) is 3.31. The molecule has 1 atom stereocenters. The first-order chi connectivity index (χ1) is 9.63. The van der Waals surface area contributed by atoms with Crippen LogP contribution in [-0.4, -0.2) is 31.2 Å². The van der Waals surface area contributed by atoms with Crippen molar-refractivity contribution in [1.29, 1.82) is 0 Å². The second kappa shape index (κ2) is 6.88. The molecule has 0 radical (unpaired) electrons. The molecular formula is C15H22N2O2S. The average molecular weight is 294 g/mol. The van der Waals surface area contributed by atoms with Gasteiger partial charge < -0.3 is 14.8 Å². The summed E-state index contributed by atoms with van der Waals surface area (Å²) in [5.74, 6) is 2.17. The van der Waals surface area contributed by atoms with Crippen LogP contribution in [0.1, 0.15) is 19.4 Å². The van der Waals surface area contributed by atoms with Gasteiger partial charge in [-0.15, -0.1) is 0 Å². The van der Waals surface area contributed by atoms with Crippen molar-refractivity contribution in [3.8, 4) is 11.5 Å². The Balaban J connectivity index is 1.92. The van der Waals surface area contributed by atoms with Gasteiger partial charge in [-0.3, -0.25) is 4.99 Å². The minimum Gasteiger partial charge on any atom is -0.493 e. The van der Waals surface area contributed by atoms with E-state index in [-0.39, 0.29) is 0 Å². The number of thioether (sulfide) groups is 1. The van der Waals surface area contributed by atoms with Gasteiger partial charge in [-0.1, -0.05) is 31.7 Å². The summed E-state index contributed by atoms with van der Waals surface area (Å²) in [6, 6.07) is 5.96. The Morgan fingerprint density at radius 3 is 2.65 bits per heavy atom. The van der Waals surface area contributed by atoms with Crippen LogP contribution in [0.15, 0.2) is 23.2 Å². The van der Waals surface area contributed by atoms with Gasteiger partial charge in [0.15, 0.2) is 16.7 Å². The van der Waals surface area contributed by atoms with Crippen molar-refractivity contribution in [2.45, 2.75) is 25.6 Å². The van der Waals surface area contributed by atoms with E-state index in [4.69, 9.17) is 9.47 Å². The molecule has 1 heterocycles. The molecule has 1 aromatic carbocycles. The number of rotatable bonds is 5. The van der Waals surface area contributed by atoms with E-state index in [2.05, 4.69) is 24.2 Å². The number of nitrogens with zero attached hydrogens (tertiary/aromatic N) is 1. The van der Waals surface area contributed by atoms with E-state index in [0.717, 1.165) is 35.3 Å². The highest BCUT2D eigenvalue weighted by molar-refractivity contribution is 8.14. The molecule has 0 fully saturated rings. The van der Waals surface area contributed by atoms with E-state index in [0.29, 0.717) is 11.2 Å². The molecule has 110 valence electrons. The fourth-order valence-corrected chi connectivity index (χ4v) is 3.02. The number of benzene rings is 1. The average Bonchev–Trinajstić information content (AvgIpc) is 2.94. The lowest BCUT2D eigenvalue weighted by Crippen LogP contribution is -2.20. The third kappa shape index (κ3) is 3.60. The molecule has 1 unspecified atom stereocenters. The molecule has 0 saturated carbocycles. The zero-order chi connectivity index (χ0) is 14.5. The van der Waals surface area contributed by atoms with Gasteiger partial charge >= 0.3 is 0 Å². The molecule has 0 saturated heterocycles. The van der Waals surface area contributed by atoms with E-state index in [1.54, 1.807) is 14.2 Å². The van der Waals surface area contributed by atoms with Crippen molar-refractivity contribution in [2.75, 3.05) is 20.8 Å². The zero-order valence-corrected chi connectivity index (χ0v) is 13.3. The molecule has 0 aromatic heterocycles. The van der Waals surface area contributed by atoms with E-state index < -0.39 is 0 Å². The number of amidine groups is 1. The first-order valence-corrected chi connectivity index (χ1v) is 7.68. The summed E-state index contributed by atoms with van der Waals surface area (Å²) in [6.07, 6.45) is 0. The first-order valence-electron chi connectivity index (χ1n) is 6.80. The van der Waals surface area contributed by atoms with Crippen molar-refractivity contribution in [2.24, 2.45) is 10.9 Å². The molecule has 1 aromatic rings. The van der Waals surface area contributed by atoms with Gasteiger partial charge in [-0.05, 0) is 23.6 Å². The maximum atomic E-state index is 5.31. The quantitative estimate of drug-likeness (QED) is 0.907. The highest BCUT2D eigenvalue weighted by Crippen LogP contribution is 2.28. The molecule has 1 N–H and O–H groups in total. The molecule has 5 heteroatoms. The van der Waals surface area contributed by atoms with Gasteiger partial charge in [-0.25, -0.2) is 0 Å². The topological polar surface area (TPSA) is 42.8 Å². The molecule has 0 bridgehead atoms. The number of hydrogen-bond acceptors (Lipinski definition) is 5. The van der Waals surface area contributed by atoms with E-state index in [1.807, 2.05) is 30.0 Å². The van der Waals surface area contributed by atoms with Gasteiger partial charge in [0.1, 0.15) is 0 Å². The number of nitrogens with one attached hydrogen (secondary N) is 1. The van der Waals surface area contributed by atoms with E-state index >= 15 is 0 Å². The molecule has 1 aliphatic heterocycles. The summed E-state index contributed by atoms with van der Waals surface area (Å²) in [6.45, 7) is 6.14. The molecule has 1 aliphatic rings. The van der Waals surface area contributed by atoms with Crippen LogP contribution >= 0.6 is 11.8 Å². The second-order valence-corrected chi connectivity index (χ2v) is 6.32. The van der Waals surface area contributed by atoms with E-state index in [9.17, 15) is 0 Å². The summed E-state index contributed by atoms with van der Waals surface area (Å²) < 4.78 is 10.5.